The summed E-state index contributed by atoms with van der Waals surface area (Å²) in [7, 11) is 0. The number of rotatable bonds is 4. The molecule has 1 saturated heterocycles. The van der Waals surface area contributed by atoms with E-state index in [0.29, 0.717) is 5.69 Å². The Morgan fingerprint density at radius 3 is 2.54 bits per heavy atom. The summed E-state index contributed by atoms with van der Waals surface area (Å²) in [6, 6.07) is 16.6. The normalized spacial score (nSPS) is 17.2. The number of para-hydroxylation sites is 2. The Hall–Kier alpha value is -2.60. The summed E-state index contributed by atoms with van der Waals surface area (Å²) < 4.78 is 0. The molecule has 122 valence electrons. The summed E-state index contributed by atoms with van der Waals surface area (Å²) in [4.78, 5) is 26.2. The number of hydrogen-bond acceptors (Lipinski definition) is 4. The molecule has 2 aromatic carbocycles. The van der Waals surface area contributed by atoms with Crippen molar-refractivity contribution in [3.05, 3.63) is 60.2 Å². The Balaban J connectivity index is 1.68. The zero-order valence-corrected chi connectivity index (χ0v) is 14.0. The number of carbonyl (C=O) groups excluding carboxylic acids is 2. The van der Waals surface area contributed by atoms with Crippen LogP contribution in [0.5, 0.6) is 0 Å². The lowest BCUT2D eigenvalue weighted by molar-refractivity contribution is -0.121. The summed E-state index contributed by atoms with van der Waals surface area (Å²) in [5, 5.41) is 10.5. The molecule has 0 aliphatic carbocycles. The van der Waals surface area contributed by atoms with E-state index in [2.05, 4.69) is 5.32 Å². The van der Waals surface area contributed by atoms with Gasteiger partial charge in [0.2, 0.25) is 11.8 Å². The highest BCUT2D eigenvalue weighted by Crippen LogP contribution is 2.32. The van der Waals surface area contributed by atoms with Gasteiger partial charge >= 0.3 is 0 Å². The monoisotopic (exact) mass is 339 g/mol. The molecule has 2 N–H and O–H groups in total. The van der Waals surface area contributed by atoms with E-state index in [1.807, 2.05) is 49.4 Å². The number of anilines is 2. The molecule has 2 aromatic rings. The lowest BCUT2D eigenvalue weighted by atomic mass is 10.2. The minimum atomic E-state index is -0.568. The second kappa shape index (κ2) is 6.88. The smallest absolute Gasteiger partial charge is 0.247 e. The molecular formula is C18H17N3O2S. The molecule has 1 fully saturated rings. The third-order valence-corrected chi connectivity index (χ3v) is 4.82. The maximum absolute atomic E-state index is 12.6. The molecule has 0 unspecified atom stereocenters. The Morgan fingerprint density at radius 1 is 1.17 bits per heavy atom. The fourth-order valence-corrected chi connectivity index (χ4v) is 3.53. The first kappa shape index (κ1) is 16.3. The van der Waals surface area contributed by atoms with Crippen LogP contribution >= 0.6 is 11.8 Å². The van der Waals surface area contributed by atoms with Crippen LogP contribution < -0.4 is 10.2 Å². The summed E-state index contributed by atoms with van der Waals surface area (Å²) in [5.41, 5.74) is 2.37. The molecule has 0 aromatic heterocycles. The van der Waals surface area contributed by atoms with E-state index in [0.717, 1.165) is 23.0 Å². The van der Waals surface area contributed by atoms with Crippen LogP contribution in [0.15, 0.2) is 54.6 Å². The minimum absolute atomic E-state index is 0.0452. The second-order valence-electron chi connectivity index (χ2n) is 5.49. The van der Waals surface area contributed by atoms with E-state index in [4.69, 9.17) is 5.41 Å². The summed E-state index contributed by atoms with van der Waals surface area (Å²) in [6.45, 7) is 1.91. The van der Waals surface area contributed by atoms with Gasteiger partial charge in [0.15, 0.2) is 5.17 Å². The van der Waals surface area contributed by atoms with Gasteiger partial charge in [-0.05, 0) is 30.7 Å². The molecule has 1 aliphatic heterocycles. The van der Waals surface area contributed by atoms with Gasteiger partial charge in [0, 0.05) is 12.1 Å². The molecule has 1 heterocycles. The number of hydrogen-bond donors (Lipinski definition) is 2. The van der Waals surface area contributed by atoms with Gasteiger partial charge in [0.25, 0.3) is 0 Å². The maximum Gasteiger partial charge on any atom is 0.247 e. The third kappa shape index (κ3) is 3.33. The largest absolute Gasteiger partial charge is 0.326 e. The Labute approximate surface area is 144 Å². The average molecular weight is 339 g/mol. The lowest BCUT2D eigenvalue weighted by Crippen LogP contribution is -2.33. The van der Waals surface area contributed by atoms with Gasteiger partial charge in [-0.2, -0.15) is 0 Å². The van der Waals surface area contributed by atoms with Gasteiger partial charge in [0.05, 0.1) is 5.69 Å². The van der Waals surface area contributed by atoms with Gasteiger partial charge in [0.1, 0.15) is 5.25 Å². The maximum atomic E-state index is 12.6. The molecule has 1 aliphatic rings. The van der Waals surface area contributed by atoms with E-state index in [9.17, 15) is 9.59 Å². The van der Waals surface area contributed by atoms with Crippen molar-refractivity contribution in [1.29, 1.82) is 5.41 Å². The van der Waals surface area contributed by atoms with E-state index in [1.165, 1.54) is 4.90 Å². The predicted octanol–water partition coefficient (Wildman–Crippen LogP) is 3.41. The van der Waals surface area contributed by atoms with Crippen LogP contribution in [0.2, 0.25) is 0 Å². The number of nitrogens with one attached hydrogen (secondary N) is 2. The SMILES string of the molecule is Cc1ccccc1NC(=O)C[C@H]1SC(=N)N(c2ccccc2)C1=O. The Kier molecular flexibility index (Phi) is 4.66. The van der Waals surface area contributed by atoms with Gasteiger partial charge < -0.3 is 5.32 Å². The third-order valence-electron chi connectivity index (χ3n) is 3.76. The van der Waals surface area contributed by atoms with Crippen molar-refractivity contribution in [3.8, 4) is 0 Å². The Morgan fingerprint density at radius 2 is 1.83 bits per heavy atom. The summed E-state index contributed by atoms with van der Waals surface area (Å²) >= 11 is 1.12. The molecule has 3 rings (SSSR count). The highest BCUT2D eigenvalue weighted by molar-refractivity contribution is 8.16. The fraction of sp³-hybridized carbons (Fsp3) is 0.167. The number of benzene rings is 2. The summed E-state index contributed by atoms with van der Waals surface area (Å²) in [6.07, 6.45) is 0.0452. The number of amidine groups is 1. The van der Waals surface area contributed by atoms with Crippen molar-refractivity contribution < 1.29 is 9.59 Å². The van der Waals surface area contributed by atoms with Crippen molar-refractivity contribution in [2.24, 2.45) is 0 Å². The van der Waals surface area contributed by atoms with Crippen LogP contribution in [0.25, 0.3) is 0 Å². The van der Waals surface area contributed by atoms with Crippen molar-refractivity contribution in [1.82, 2.24) is 0 Å². The molecule has 0 spiro atoms. The predicted molar refractivity (Wildman–Crippen MR) is 97.5 cm³/mol. The molecule has 1 atom stereocenters. The number of amides is 2. The van der Waals surface area contributed by atoms with Crippen LogP contribution in [0, 0.1) is 12.3 Å². The summed E-state index contributed by atoms with van der Waals surface area (Å²) in [5.74, 6) is -0.450. The van der Waals surface area contributed by atoms with Gasteiger partial charge in [-0.1, -0.05) is 48.2 Å². The van der Waals surface area contributed by atoms with Crippen LogP contribution in [0.1, 0.15) is 12.0 Å². The molecule has 0 bridgehead atoms. The molecule has 0 saturated carbocycles. The second-order valence-corrected chi connectivity index (χ2v) is 6.68. The quantitative estimate of drug-likeness (QED) is 0.896. The molecule has 24 heavy (non-hydrogen) atoms. The van der Waals surface area contributed by atoms with Crippen molar-refractivity contribution in [2.75, 3.05) is 10.2 Å². The van der Waals surface area contributed by atoms with E-state index in [1.54, 1.807) is 12.1 Å². The molecule has 0 radical (unpaired) electrons. The number of aryl methyl sites for hydroxylation is 1. The average Bonchev–Trinajstić information content (AvgIpc) is 2.84. The first-order chi connectivity index (χ1) is 11.6. The number of thioether (sulfide) groups is 1. The van der Waals surface area contributed by atoms with E-state index in [-0.39, 0.29) is 23.4 Å². The van der Waals surface area contributed by atoms with Gasteiger partial charge in [-0.15, -0.1) is 0 Å². The lowest BCUT2D eigenvalue weighted by Gasteiger charge is -2.15. The fourth-order valence-electron chi connectivity index (χ4n) is 2.52. The number of carbonyl (C=O) groups is 2. The standard InChI is InChI=1S/C18H17N3O2S/c1-12-7-5-6-10-14(12)20-16(22)11-15-17(23)21(18(19)24-15)13-8-3-2-4-9-13/h2-10,15,19H,11H2,1H3,(H,20,22)/t15-/m1/s1. The highest BCUT2D eigenvalue weighted by Gasteiger charge is 2.39. The first-order valence-electron chi connectivity index (χ1n) is 7.56. The van der Waals surface area contributed by atoms with Crippen LogP contribution in [0.4, 0.5) is 11.4 Å². The van der Waals surface area contributed by atoms with Gasteiger partial charge in [-0.3, -0.25) is 19.9 Å². The Bertz CT molecular complexity index is 792. The minimum Gasteiger partial charge on any atom is -0.326 e. The van der Waals surface area contributed by atoms with Crippen molar-refractivity contribution in [2.45, 2.75) is 18.6 Å². The molecular weight excluding hydrogens is 322 g/mol. The van der Waals surface area contributed by atoms with E-state index < -0.39 is 5.25 Å². The zero-order chi connectivity index (χ0) is 17.1. The molecule has 5 nitrogen and oxygen atoms in total. The van der Waals surface area contributed by atoms with Crippen LogP contribution in [0.3, 0.4) is 0 Å². The zero-order valence-electron chi connectivity index (χ0n) is 13.2. The highest BCUT2D eigenvalue weighted by atomic mass is 32.2. The molecule has 6 heteroatoms. The molecule has 2 amide bonds. The van der Waals surface area contributed by atoms with Crippen molar-refractivity contribution >= 4 is 40.1 Å². The van der Waals surface area contributed by atoms with E-state index >= 15 is 0 Å². The number of nitrogens with zero attached hydrogens (tertiary/aromatic N) is 1. The van der Waals surface area contributed by atoms with Crippen LogP contribution in [-0.4, -0.2) is 22.2 Å². The first-order valence-corrected chi connectivity index (χ1v) is 8.44. The van der Waals surface area contributed by atoms with Crippen molar-refractivity contribution in [3.63, 3.8) is 0 Å². The topological polar surface area (TPSA) is 73.3 Å². The van der Waals surface area contributed by atoms with Gasteiger partial charge in [-0.25, -0.2) is 0 Å². The van der Waals surface area contributed by atoms with Crippen LogP contribution in [-0.2, 0) is 9.59 Å².